The van der Waals surface area contributed by atoms with Crippen LogP contribution >= 0.6 is 0 Å². The molecule has 0 radical (unpaired) electrons. The number of carbonyl (C=O) groups excluding carboxylic acids is 2. The number of carbonyl (C=O) groups is 2. The van der Waals surface area contributed by atoms with Crippen molar-refractivity contribution in [3.05, 3.63) is 29.8 Å². The van der Waals surface area contributed by atoms with Crippen molar-refractivity contribution in [2.45, 2.75) is 13.8 Å². The van der Waals surface area contributed by atoms with Crippen molar-refractivity contribution < 1.29 is 23.8 Å². The van der Waals surface area contributed by atoms with Crippen LogP contribution in [-0.2, 0) is 14.3 Å². The second-order valence-electron chi connectivity index (χ2n) is 3.71. The first-order valence-electron chi connectivity index (χ1n) is 5.69. The summed E-state index contributed by atoms with van der Waals surface area (Å²) in [7, 11) is 1.49. The van der Waals surface area contributed by atoms with Gasteiger partial charge in [0.1, 0.15) is 6.61 Å². The van der Waals surface area contributed by atoms with Crippen LogP contribution in [0, 0.1) is 0 Å². The zero-order valence-corrected chi connectivity index (χ0v) is 11.1. The van der Waals surface area contributed by atoms with Crippen LogP contribution in [0.1, 0.15) is 19.4 Å². The van der Waals surface area contributed by atoms with Crippen LogP contribution in [0.5, 0.6) is 11.5 Å². The van der Waals surface area contributed by atoms with Crippen LogP contribution in [0.2, 0.25) is 0 Å². The van der Waals surface area contributed by atoms with Crippen molar-refractivity contribution >= 4 is 18.0 Å². The molecule has 0 saturated heterocycles. The molecule has 0 saturated carbocycles. The Balaban J connectivity index is 2.76. The number of hydrogen-bond donors (Lipinski definition) is 0. The van der Waals surface area contributed by atoms with E-state index in [1.54, 1.807) is 30.4 Å². The van der Waals surface area contributed by atoms with E-state index in [4.69, 9.17) is 14.2 Å². The van der Waals surface area contributed by atoms with E-state index in [1.807, 2.05) is 0 Å². The average molecular weight is 264 g/mol. The van der Waals surface area contributed by atoms with Gasteiger partial charge in [0.05, 0.1) is 7.11 Å². The number of esters is 2. The summed E-state index contributed by atoms with van der Waals surface area (Å²) in [6.07, 6.45) is 3.49. The minimum Gasteiger partial charge on any atom is -0.493 e. The Bertz CT molecular complexity index is 491. The van der Waals surface area contributed by atoms with Gasteiger partial charge in [-0.3, -0.25) is 9.59 Å². The summed E-state index contributed by atoms with van der Waals surface area (Å²) in [4.78, 5) is 21.5. The van der Waals surface area contributed by atoms with Gasteiger partial charge < -0.3 is 14.2 Å². The number of rotatable bonds is 5. The van der Waals surface area contributed by atoms with Crippen LogP contribution < -0.4 is 9.47 Å². The quantitative estimate of drug-likeness (QED) is 0.602. The fourth-order valence-corrected chi connectivity index (χ4v) is 1.38. The lowest BCUT2D eigenvalue weighted by Gasteiger charge is -2.08. The Kier molecular flexibility index (Phi) is 5.60. The topological polar surface area (TPSA) is 61.8 Å². The molecule has 0 aliphatic heterocycles. The lowest BCUT2D eigenvalue weighted by Crippen LogP contribution is -2.03. The normalized spacial score (nSPS) is 10.3. The summed E-state index contributed by atoms with van der Waals surface area (Å²) < 4.78 is 14.9. The Morgan fingerprint density at radius 3 is 2.47 bits per heavy atom. The molecule has 102 valence electrons. The van der Waals surface area contributed by atoms with Gasteiger partial charge in [-0.05, 0) is 23.8 Å². The van der Waals surface area contributed by atoms with Crippen LogP contribution in [0.25, 0.3) is 6.08 Å². The average Bonchev–Trinajstić information content (AvgIpc) is 2.35. The SMILES string of the molecule is COc1cc(/C=C\COC(C)=O)ccc1OC(C)=O. The van der Waals surface area contributed by atoms with E-state index in [9.17, 15) is 9.59 Å². The van der Waals surface area contributed by atoms with E-state index < -0.39 is 5.97 Å². The summed E-state index contributed by atoms with van der Waals surface area (Å²) in [6, 6.07) is 5.14. The maximum Gasteiger partial charge on any atom is 0.308 e. The van der Waals surface area contributed by atoms with Gasteiger partial charge in [0.2, 0.25) is 0 Å². The fourth-order valence-electron chi connectivity index (χ4n) is 1.38. The molecule has 1 aromatic carbocycles. The van der Waals surface area contributed by atoms with Gasteiger partial charge in [-0.25, -0.2) is 0 Å². The monoisotopic (exact) mass is 264 g/mol. The van der Waals surface area contributed by atoms with Crippen LogP contribution in [0.3, 0.4) is 0 Å². The Morgan fingerprint density at radius 2 is 1.89 bits per heavy atom. The third-order valence-electron chi connectivity index (χ3n) is 2.13. The molecule has 0 bridgehead atoms. The summed E-state index contributed by atoms with van der Waals surface area (Å²) in [5, 5.41) is 0. The van der Waals surface area contributed by atoms with Gasteiger partial charge in [0.15, 0.2) is 11.5 Å². The Labute approximate surface area is 111 Å². The van der Waals surface area contributed by atoms with Crippen molar-refractivity contribution in [2.24, 2.45) is 0 Å². The van der Waals surface area contributed by atoms with E-state index in [0.717, 1.165) is 5.56 Å². The molecular formula is C14H16O5. The van der Waals surface area contributed by atoms with E-state index in [-0.39, 0.29) is 12.6 Å². The molecule has 0 aliphatic rings. The number of benzene rings is 1. The number of hydrogen-bond acceptors (Lipinski definition) is 5. The van der Waals surface area contributed by atoms with E-state index in [0.29, 0.717) is 11.5 Å². The summed E-state index contributed by atoms with van der Waals surface area (Å²) in [5.41, 5.74) is 0.847. The van der Waals surface area contributed by atoms with Crippen molar-refractivity contribution in [3.63, 3.8) is 0 Å². The minimum absolute atomic E-state index is 0.212. The Morgan fingerprint density at radius 1 is 1.16 bits per heavy atom. The zero-order chi connectivity index (χ0) is 14.3. The fraction of sp³-hybridized carbons (Fsp3) is 0.286. The molecule has 5 heteroatoms. The predicted octanol–water partition coefficient (Wildman–Crippen LogP) is 2.20. The van der Waals surface area contributed by atoms with Crippen molar-refractivity contribution in [3.8, 4) is 11.5 Å². The Hall–Kier alpha value is -2.30. The molecule has 0 heterocycles. The molecule has 0 atom stereocenters. The highest BCUT2D eigenvalue weighted by Crippen LogP contribution is 2.28. The highest BCUT2D eigenvalue weighted by atomic mass is 16.6. The largest absolute Gasteiger partial charge is 0.493 e. The molecule has 5 nitrogen and oxygen atoms in total. The summed E-state index contributed by atoms with van der Waals surface area (Å²) >= 11 is 0. The van der Waals surface area contributed by atoms with E-state index >= 15 is 0 Å². The van der Waals surface area contributed by atoms with Crippen molar-refractivity contribution in [1.82, 2.24) is 0 Å². The van der Waals surface area contributed by atoms with Gasteiger partial charge in [-0.15, -0.1) is 0 Å². The molecule has 0 aliphatic carbocycles. The molecule has 1 rings (SSSR count). The molecular weight excluding hydrogens is 248 g/mol. The summed E-state index contributed by atoms with van der Waals surface area (Å²) in [5.74, 6) is 0.0980. The lowest BCUT2D eigenvalue weighted by molar-refractivity contribution is -0.139. The molecule has 0 amide bonds. The van der Waals surface area contributed by atoms with Crippen molar-refractivity contribution in [1.29, 1.82) is 0 Å². The first-order chi connectivity index (χ1) is 9.02. The van der Waals surface area contributed by atoms with Gasteiger partial charge in [0.25, 0.3) is 0 Å². The standard InChI is InChI=1S/C14H16O5/c1-10(15)18-8-4-5-12-6-7-13(19-11(2)16)14(9-12)17-3/h4-7,9H,8H2,1-3H3/b5-4-. The summed E-state index contributed by atoms with van der Waals surface area (Å²) in [6.45, 7) is 2.89. The molecule has 19 heavy (non-hydrogen) atoms. The molecule has 0 unspecified atom stereocenters. The first kappa shape index (κ1) is 14.8. The highest BCUT2D eigenvalue weighted by molar-refractivity contribution is 5.71. The molecule has 0 N–H and O–H groups in total. The van der Waals surface area contributed by atoms with Crippen LogP contribution in [-0.4, -0.2) is 25.7 Å². The maximum absolute atomic E-state index is 10.9. The van der Waals surface area contributed by atoms with Gasteiger partial charge in [-0.2, -0.15) is 0 Å². The molecule has 0 fully saturated rings. The second kappa shape index (κ2) is 7.20. The predicted molar refractivity (Wildman–Crippen MR) is 70.0 cm³/mol. The minimum atomic E-state index is -0.406. The second-order valence-corrected chi connectivity index (χ2v) is 3.71. The van der Waals surface area contributed by atoms with E-state index in [1.165, 1.54) is 21.0 Å². The number of ether oxygens (including phenoxy) is 3. The van der Waals surface area contributed by atoms with Gasteiger partial charge >= 0.3 is 11.9 Å². The highest BCUT2D eigenvalue weighted by Gasteiger charge is 2.06. The van der Waals surface area contributed by atoms with Crippen LogP contribution in [0.4, 0.5) is 0 Å². The molecule has 1 aromatic rings. The van der Waals surface area contributed by atoms with Gasteiger partial charge in [0, 0.05) is 13.8 Å². The third kappa shape index (κ3) is 5.25. The molecule has 0 spiro atoms. The maximum atomic E-state index is 10.9. The van der Waals surface area contributed by atoms with Crippen LogP contribution in [0.15, 0.2) is 24.3 Å². The first-order valence-corrected chi connectivity index (χ1v) is 5.69. The van der Waals surface area contributed by atoms with Gasteiger partial charge in [-0.1, -0.05) is 12.1 Å². The lowest BCUT2D eigenvalue weighted by atomic mass is 10.2. The smallest absolute Gasteiger partial charge is 0.308 e. The van der Waals surface area contributed by atoms with E-state index in [2.05, 4.69) is 0 Å². The third-order valence-corrected chi connectivity index (χ3v) is 2.13. The van der Waals surface area contributed by atoms with Crippen molar-refractivity contribution in [2.75, 3.05) is 13.7 Å². The number of methoxy groups -OCH3 is 1. The molecule has 0 aromatic heterocycles. The zero-order valence-electron chi connectivity index (χ0n) is 11.1.